The van der Waals surface area contributed by atoms with Gasteiger partial charge >= 0.3 is 0 Å². The van der Waals surface area contributed by atoms with Crippen LogP contribution >= 0.6 is 0 Å². The largest absolute Gasteiger partial charge is 0.399 e. The summed E-state index contributed by atoms with van der Waals surface area (Å²) in [5.74, 6) is 0.779. The molecule has 0 fully saturated rings. The first-order chi connectivity index (χ1) is 11.3. The first-order valence-corrected chi connectivity index (χ1v) is 7.83. The number of H-pyrrole nitrogens is 1. The molecule has 1 aliphatic heterocycles. The number of nitrogens with zero attached hydrogens (tertiary/aromatic N) is 3. The van der Waals surface area contributed by atoms with Crippen LogP contribution in [0.25, 0.3) is 11.4 Å². The molecule has 3 heterocycles. The van der Waals surface area contributed by atoms with Crippen LogP contribution in [0.3, 0.4) is 0 Å². The highest BCUT2D eigenvalue weighted by Gasteiger charge is 2.19. The summed E-state index contributed by atoms with van der Waals surface area (Å²) < 4.78 is 0. The first-order valence-electron chi connectivity index (χ1n) is 7.83. The van der Waals surface area contributed by atoms with Crippen molar-refractivity contribution in [3.8, 4) is 11.4 Å². The van der Waals surface area contributed by atoms with E-state index in [-0.39, 0.29) is 0 Å². The monoisotopic (exact) mass is 305 g/mol. The summed E-state index contributed by atoms with van der Waals surface area (Å²) >= 11 is 0. The molecule has 0 atom stereocenters. The third-order valence-electron chi connectivity index (χ3n) is 4.24. The molecule has 0 unspecified atom stereocenters. The topological polar surface area (TPSA) is 70.8 Å². The zero-order chi connectivity index (χ0) is 15.6. The molecule has 0 saturated heterocycles. The first kappa shape index (κ1) is 14.0. The van der Waals surface area contributed by atoms with Crippen LogP contribution < -0.4 is 5.73 Å². The lowest BCUT2D eigenvalue weighted by Gasteiger charge is -2.27. The van der Waals surface area contributed by atoms with E-state index in [4.69, 9.17) is 10.7 Å². The van der Waals surface area contributed by atoms with Crippen LogP contribution in [-0.4, -0.2) is 26.4 Å². The number of hydrogen-bond donors (Lipinski definition) is 2. The maximum atomic E-state index is 5.74. The fourth-order valence-electron chi connectivity index (χ4n) is 2.99. The fourth-order valence-corrected chi connectivity index (χ4v) is 2.99. The van der Waals surface area contributed by atoms with Crippen LogP contribution in [0.1, 0.15) is 17.0 Å². The SMILES string of the molecule is Nc1ccc(-c2ncc3c(n2)CCN(Cc2ccc[nH]2)C3)cc1. The van der Waals surface area contributed by atoms with Gasteiger partial charge in [0.1, 0.15) is 0 Å². The van der Waals surface area contributed by atoms with Crippen molar-refractivity contribution in [2.45, 2.75) is 19.5 Å². The Morgan fingerprint density at radius 3 is 2.83 bits per heavy atom. The minimum absolute atomic E-state index is 0.756. The van der Waals surface area contributed by atoms with Gasteiger partial charge in [0, 0.05) is 61.0 Å². The number of nitrogen functional groups attached to an aromatic ring is 1. The van der Waals surface area contributed by atoms with Crippen LogP contribution in [0.15, 0.2) is 48.8 Å². The molecule has 3 N–H and O–H groups in total. The number of fused-ring (bicyclic) bond motifs is 1. The third-order valence-corrected chi connectivity index (χ3v) is 4.24. The molecule has 0 aliphatic carbocycles. The lowest BCUT2D eigenvalue weighted by molar-refractivity contribution is 0.240. The molecule has 5 heteroatoms. The van der Waals surface area contributed by atoms with Crippen molar-refractivity contribution >= 4 is 5.69 Å². The number of rotatable bonds is 3. The molecule has 5 nitrogen and oxygen atoms in total. The van der Waals surface area contributed by atoms with Crippen molar-refractivity contribution in [3.63, 3.8) is 0 Å². The Morgan fingerprint density at radius 2 is 2.04 bits per heavy atom. The van der Waals surface area contributed by atoms with Gasteiger partial charge in [0.2, 0.25) is 0 Å². The van der Waals surface area contributed by atoms with Gasteiger partial charge in [0.15, 0.2) is 5.82 Å². The summed E-state index contributed by atoms with van der Waals surface area (Å²) in [5, 5.41) is 0. The smallest absolute Gasteiger partial charge is 0.159 e. The van der Waals surface area contributed by atoms with Gasteiger partial charge in [-0.2, -0.15) is 0 Å². The van der Waals surface area contributed by atoms with Crippen LogP contribution in [-0.2, 0) is 19.5 Å². The number of anilines is 1. The van der Waals surface area contributed by atoms with E-state index in [9.17, 15) is 0 Å². The Bertz CT molecular complexity index is 793. The molecule has 23 heavy (non-hydrogen) atoms. The molecule has 1 aliphatic rings. The zero-order valence-electron chi connectivity index (χ0n) is 12.9. The number of aromatic amines is 1. The molecule has 0 bridgehead atoms. The third kappa shape index (κ3) is 2.96. The molecular weight excluding hydrogens is 286 g/mol. The minimum Gasteiger partial charge on any atom is -0.399 e. The lowest BCUT2D eigenvalue weighted by Crippen LogP contribution is -2.31. The number of nitrogens with one attached hydrogen (secondary N) is 1. The normalized spacial score (nSPS) is 14.6. The van der Waals surface area contributed by atoms with E-state index >= 15 is 0 Å². The van der Waals surface area contributed by atoms with E-state index in [0.717, 1.165) is 48.8 Å². The second kappa shape index (κ2) is 5.85. The molecular formula is C18H19N5. The van der Waals surface area contributed by atoms with Gasteiger partial charge in [-0.3, -0.25) is 4.90 Å². The maximum absolute atomic E-state index is 5.74. The number of benzene rings is 1. The average Bonchev–Trinajstić information content (AvgIpc) is 3.08. The number of aromatic nitrogens is 3. The molecule has 0 spiro atoms. The second-order valence-corrected chi connectivity index (χ2v) is 5.94. The van der Waals surface area contributed by atoms with Crippen molar-refractivity contribution in [3.05, 3.63) is 65.7 Å². The van der Waals surface area contributed by atoms with Crippen LogP contribution in [0.4, 0.5) is 5.69 Å². The second-order valence-electron chi connectivity index (χ2n) is 5.94. The van der Waals surface area contributed by atoms with Crippen molar-refractivity contribution in [1.29, 1.82) is 0 Å². The highest BCUT2D eigenvalue weighted by molar-refractivity contribution is 5.58. The van der Waals surface area contributed by atoms with Crippen molar-refractivity contribution in [2.75, 3.05) is 12.3 Å². The van der Waals surface area contributed by atoms with Gasteiger partial charge < -0.3 is 10.7 Å². The summed E-state index contributed by atoms with van der Waals surface area (Å²) in [6, 6.07) is 11.9. The Hall–Kier alpha value is -2.66. The highest BCUT2D eigenvalue weighted by Crippen LogP contribution is 2.22. The van der Waals surface area contributed by atoms with Gasteiger partial charge in [0.05, 0.1) is 5.69 Å². The average molecular weight is 305 g/mol. The van der Waals surface area contributed by atoms with Crippen molar-refractivity contribution < 1.29 is 0 Å². The maximum Gasteiger partial charge on any atom is 0.159 e. The molecule has 116 valence electrons. The minimum atomic E-state index is 0.756. The predicted molar refractivity (Wildman–Crippen MR) is 90.5 cm³/mol. The van der Waals surface area contributed by atoms with Gasteiger partial charge in [-0.1, -0.05) is 0 Å². The predicted octanol–water partition coefficient (Wildman–Crippen LogP) is 2.61. The summed E-state index contributed by atoms with van der Waals surface area (Å²) in [7, 11) is 0. The molecule has 0 radical (unpaired) electrons. The van der Waals surface area contributed by atoms with Gasteiger partial charge in [-0.15, -0.1) is 0 Å². The highest BCUT2D eigenvalue weighted by atomic mass is 15.1. The number of nitrogens with two attached hydrogens (primary N) is 1. The Kier molecular flexibility index (Phi) is 3.55. The summed E-state index contributed by atoms with van der Waals surface area (Å²) in [4.78, 5) is 15.0. The quantitative estimate of drug-likeness (QED) is 0.730. The fraction of sp³-hybridized carbons (Fsp3) is 0.222. The Balaban J connectivity index is 1.53. The Labute approximate surface area is 135 Å². The summed E-state index contributed by atoms with van der Waals surface area (Å²) in [6.07, 6.45) is 4.89. The molecule has 3 aromatic rings. The zero-order valence-corrected chi connectivity index (χ0v) is 12.9. The van der Waals surface area contributed by atoms with Crippen molar-refractivity contribution in [2.24, 2.45) is 0 Å². The standard InChI is InChI=1S/C18H19N5/c19-15-5-3-13(4-6-15)18-21-10-14-11-23(9-7-17(14)22-18)12-16-2-1-8-20-16/h1-6,8,10,20H,7,9,11-12,19H2. The van der Waals surface area contributed by atoms with Crippen LogP contribution in [0.5, 0.6) is 0 Å². The van der Waals surface area contributed by atoms with Gasteiger partial charge in [-0.25, -0.2) is 9.97 Å². The summed E-state index contributed by atoms with van der Waals surface area (Å²) in [5.41, 5.74) is 11.1. The van der Waals surface area contributed by atoms with Crippen molar-refractivity contribution in [1.82, 2.24) is 19.9 Å². The Morgan fingerprint density at radius 1 is 1.17 bits per heavy atom. The number of hydrogen-bond acceptors (Lipinski definition) is 4. The molecule has 4 rings (SSSR count). The molecule has 0 saturated carbocycles. The van der Waals surface area contributed by atoms with Crippen LogP contribution in [0.2, 0.25) is 0 Å². The molecule has 0 amide bonds. The van der Waals surface area contributed by atoms with Gasteiger partial charge in [0.25, 0.3) is 0 Å². The summed E-state index contributed by atoms with van der Waals surface area (Å²) in [6.45, 7) is 2.85. The van der Waals surface area contributed by atoms with E-state index in [1.807, 2.05) is 42.7 Å². The van der Waals surface area contributed by atoms with Crippen LogP contribution in [0, 0.1) is 0 Å². The molecule has 2 aromatic heterocycles. The van der Waals surface area contributed by atoms with E-state index in [1.54, 1.807) is 0 Å². The van der Waals surface area contributed by atoms with E-state index < -0.39 is 0 Å². The lowest BCUT2D eigenvalue weighted by atomic mass is 10.1. The molecule has 1 aromatic carbocycles. The van der Waals surface area contributed by atoms with E-state index in [0.29, 0.717) is 0 Å². The van der Waals surface area contributed by atoms with E-state index in [2.05, 4.69) is 20.9 Å². The van der Waals surface area contributed by atoms with E-state index in [1.165, 1.54) is 11.3 Å². The van der Waals surface area contributed by atoms with Gasteiger partial charge in [-0.05, 0) is 36.4 Å².